The Hall–Kier alpha value is -3.16. The maximum Gasteiger partial charge on any atom is 0.312 e. The number of nitrogens with one attached hydrogen (secondary N) is 2. The van der Waals surface area contributed by atoms with Crippen LogP contribution < -0.4 is 0 Å². The normalized spacial score (nSPS) is 12.6. The molecule has 0 saturated heterocycles. The number of aliphatic carboxylic acids is 2. The third-order valence-electron chi connectivity index (χ3n) is 4.43. The molecule has 1 aromatic rings. The van der Waals surface area contributed by atoms with Crippen LogP contribution in [0.15, 0.2) is 24.3 Å². The Kier molecular flexibility index (Phi) is 8.37. The molecule has 0 spiro atoms. The van der Waals surface area contributed by atoms with Crippen molar-refractivity contribution in [2.24, 2.45) is 11.8 Å². The van der Waals surface area contributed by atoms with Gasteiger partial charge in [0.25, 0.3) is 0 Å². The van der Waals surface area contributed by atoms with Crippen molar-refractivity contribution in [1.29, 1.82) is 10.8 Å². The van der Waals surface area contributed by atoms with Gasteiger partial charge in [-0.1, -0.05) is 38.1 Å². The summed E-state index contributed by atoms with van der Waals surface area (Å²) in [5.74, 6) is -5.96. The van der Waals surface area contributed by atoms with Crippen molar-refractivity contribution in [3.05, 3.63) is 35.4 Å². The van der Waals surface area contributed by atoms with E-state index in [1.165, 1.54) is 0 Å². The van der Waals surface area contributed by atoms with Crippen LogP contribution in [0.4, 0.5) is 0 Å². The first-order valence-electron chi connectivity index (χ1n) is 8.88. The van der Waals surface area contributed by atoms with Crippen molar-refractivity contribution in [3.63, 3.8) is 0 Å². The van der Waals surface area contributed by atoms with Gasteiger partial charge in [0.15, 0.2) is 11.6 Å². The van der Waals surface area contributed by atoms with Crippen molar-refractivity contribution in [2.45, 2.75) is 39.5 Å². The van der Waals surface area contributed by atoms with E-state index in [9.17, 15) is 19.2 Å². The zero-order valence-corrected chi connectivity index (χ0v) is 15.8. The maximum absolute atomic E-state index is 12.2. The maximum atomic E-state index is 12.2. The fourth-order valence-corrected chi connectivity index (χ4v) is 2.80. The minimum absolute atomic E-state index is 0.138. The first-order valence-corrected chi connectivity index (χ1v) is 8.88. The third-order valence-corrected chi connectivity index (χ3v) is 4.43. The Bertz CT molecular complexity index is 751. The molecule has 150 valence electrons. The summed E-state index contributed by atoms with van der Waals surface area (Å²) in [5, 5.41) is 33.7. The van der Waals surface area contributed by atoms with E-state index in [1.54, 1.807) is 38.1 Å². The number of rotatable bonds is 12. The number of hydrogen-bond acceptors (Lipinski definition) is 6. The summed E-state index contributed by atoms with van der Waals surface area (Å²) >= 11 is 0. The van der Waals surface area contributed by atoms with Crippen LogP contribution >= 0.6 is 0 Å². The standard InChI is InChI=1S/C20H24N2O6/c1-3-13(19(25)26)17(21)15(23)9-11-6-5-7-12(8-11)10-16(24)18(22)14(4-2)20(27)28/h5-8,13-14,21-22H,3-4,9-10H2,1-2H3,(H,25,26)(H,27,28)/t13-,14-/m1/s1. The molecule has 1 aromatic carbocycles. The topological polar surface area (TPSA) is 156 Å². The van der Waals surface area contributed by atoms with Gasteiger partial charge in [-0.15, -0.1) is 0 Å². The molecule has 8 heteroatoms. The molecule has 0 amide bonds. The molecule has 0 unspecified atom stereocenters. The molecule has 0 heterocycles. The second-order valence-electron chi connectivity index (χ2n) is 6.45. The molecule has 28 heavy (non-hydrogen) atoms. The highest BCUT2D eigenvalue weighted by molar-refractivity contribution is 6.43. The van der Waals surface area contributed by atoms with Gasteiger partial charge >= 0.3 is 11.9 Å². The summed E-state index contributed by atoms with van der Waals surface area (Å²) in [6.45, 7) is 3.17. The van der Waals surface area contributed by atoms with E-state index in [0.29, 0.717) is 11.1 Å². The molecule has 0 fully saturated rings. The Balaban J connectivity index is 2.87. The zero-order valence-electron chi connectivity index (χ0n) is 15.8. The SMILES string of the molecule is CC[C@H](C(=N)C(=O)Cc1cccc(CC(=O)C(=N)[C@@H](CC)C(=O)O)c1)C(=O)O. The molecule has 2 atom stereocenters. The Morgan fingerprint density at radius 1 is 0.821 bits per heavy atom. The molecule has 0 radical (unpaired) electrons. The van der Waals surface area contributed by atoms with Crippen LogP contribution in [0.3, 0.4) is 0 Å². The van der Waals surface area contributed by atoms with E-state index in [0.717, 1.165) is 0 Å². The number of Topliss-reactive ketones (excluding diaryl/α,β-unsaturated/α-hetero) is 2. The highest BCUT2D eigenvalue weighted by Gasteiger charge is 2.27. The number of carbonyl (C=O) groups is 4. The van der Waals surface area contributed by atoms with E-state index in [4.69, 9.17) is 21.0 Å². The number of benzene rings is 1. The average molecular weight is 388 g/mol. The largest absolute Gasteiger partial charge is 0.481 e. The Morgan fingerprint density at radius 2 is 1.18 bits per heavy atom. The van der Waals surface area contributed by atoms with E-state index < -0.39 is 46.8 Å². The van der Waals surface area contributed by atoms with E-state index in [-0.39, 0.29) is 25.7 Å². The summed E-state index contributed by atoms with van der Waals surface area (Å²) in [4.78, 5) is 46.6. The molecule has 0 aromatic heterocycles. The van der Waals surface area contributed by atoms with Crippen LogP contribution in [0.25, 0.3) is 0 Å². The monoisotopic (exact) mass is 388 g/mol. The van der Waals surface area contributed by atoms with E-state index in [2.05, 4.69) is 0 Å². The third kappa shape index (κ3) is 5.94. The van der Waals surface area contributed by atoms with Gasteiger partial charge in [-0.3, -0.25) is 19.2 Å². The second-order valence-corrected chi connectivity index (χ2v) is 6.45. The Labute approximate surface area is 162 Å². The van der Waals surface area contributed by atoms with Crippen LogP contribution in [0.1, 0.15) is 37.8 Å². The van der Waals surface area contributed by atoms with Gasteiger partial charge < -0.3 is 21.0 Å². The molecule has 4 N–H and O–H groups in total. The first kappa shape index (κ1) is 22.9. The lowest BCUT2D eigenvalue weighted by molar-refractivity contribution is -0.140. The van der Waals surface area contributed by atoms with Gasteiger partial charge in [-0.05, 0) is 24.0 Å². The van der Waals surface area contributed by atoms with Crippen molar-refractivity contribution >= 4 is 34.9 Å². The van der Waals surface area contributed by atoms with Crippen molar-refractivity contribution < 1.29 is 29.4 Å². The molecule has 0 aliphatic heterocycles. The van der Waals surface area contributed by atoms with Crippen LogP contribution in [0.2, 0.25) is 0 Å². The van der Waals surface area contributed by atoms with Crippen LogP contribution in [0.5, 0.6) is 0 Å². The lowest BCUT2D eigenvalue weighted by Gasteiger charge is -2.12. The summed E-state index contributed by atoms with van der Waals surface area (Å²) in [5.41, 5.74) is 0.0882. The van der Waals surface area contributed by atoms with Gasteiger partial charge in [-0.25, -0.2) is 0 Å². The lowest BCUT2D eigenvalue weighted by atomic mass is 9.92. The summed E-state index contributed by atoms with van der Waals surface area (Å²) in [6, 6.07) is 6.43. The van der Waals surface area contributed by atoms with Crippen molar-refractivity contribution in [3.8, 4) is 0 Å². The minimum Gasteiger partial charge on any atom is -0.481 e. The first-order chi connectivity index (χ1) is 13.1. The summed E-state index contributed by atoms with van der Waals surface area (Å²) in [6.07, 6.45) is -0.0684. The van der Waals surface area contributed by atoms with Crippen LogP contribution in [0, 0.1) is 22.7 Å². The van der Waals surface area contributed by atoms with E-state index >= 15 is 0 Å². The highest BCUT2D eigenvalue weighted by atomic mass is 16.4. The molecule has 0 aliphatic carbocycles. The van der Waals surface area contributed by atoms with Gasteiger partial charge in [0.2, 0.25) is 0 Å². The number of carbonyl (C=O) groups excluding carboxylic acids is 2. The van der Waals surface area contributed by atoms with Crippen LogP contribution in [-0.2, 0) is 32.0 Å². The van der Waals surface area contributed by atoms with Gasteiger partial charge in [0.1, 0.15) is 11.8 Å². The smallest absolute Gasteiger partial charge is 0.312 e. The molecule has 0 aliphatic rings. The fourth-order valence-electron chi connectivity index (χ4n) is 2.80. The van der Waals surface area contributed by atoms with Crippen LogP contribution in [-0.4, -0.2) is 45.1 Å². The highest BCUT2D eigenvalue weighted by Crippen LogP contribution is 2.13. The van der Waals surface area contributed by atoms with Gasteiger partial charge in [0, 0.05) is 12.8 Å². The average Bonchev–Trinajstić information content (AvgIpc) is 2.62. The Morgan fingerprint density at radius 3 is 1.46 bits per heavy atom. The van der Waals surface area contributed by atoms with Gasteiger partial charge in [0.05, 0.1) is 11.4 Å². The number of carboxylic acid groups (broad SMARTS) is 2. The van der Waals surface area contributed by atoms with Gasteiger partial charge in [-0.2, -0.15) is 0 Å². The summed E-state index contributed by atoms with van der Waals surface area (Å²) < 4.78 is 0. The van der Waals surface area contributed by atoms with Crippen molar-refractivity contribution in [1.82, 2.24) is 0 Å². The molecule has 1 rings (SSSR count). The molecular weight excluding hydrogens is 364 g/mol. The quantitative estimate of drug-likeness (QED) is 0.402. The molecule has 0 saturated carbocycles. The molecule has 8 nitrogen and oxygen atoms in total. The minimum atomic E-state index is -1.22. The zero-order chi connectivity index (χ0) is 21.4. The van der Waals surface area contributed by atoms with E-state index in [1.807, 2.05) is 0 Å². The summed E-state index contributed by atoms with van der Waals surface area (Å²) in [7, 11) is 0. The molecular formula is C20H24N2O6. The fraction of sp³-hybridized carbons (Fsp3) is 0.400. The lowest BCUT2D eigenvalue weighted by Crippen LogP contribution is -2.30. The van der Waals surface area contributed by atoms with Crippen molar-refractivity contribution in [2.75, 3.05) is 0 Å². The number of carboxylic acids is 2. The number of hydrogen-bond donors (Lipinski definition) is 4. The predicted octanol–water partition coefficient (Wildman–Crippen LogP) is 2.17. The number of ketones is 2. The molecule has 0 bridgehead atoms. The second kappa shape index (κ2) is 10.2. The predicted molar refractivity (Wildman–Crippen MR) is 102 cm³/mol.